The highest BCUT2D eigenvalue weighted by atomic mass is 19.1. The molecule has 1 amide bonds. The van der Waals surface area contributed by atoms with E-state index in [-0.39, 0.29) is 13.1 Å². The zero-order valence-corrected chi connectivity index (χ0v) is 26.6. The van der Waals surface area contributed by atoms with Crippen molar-refractivity contribution < 1.29 is 73.4 Å². The zero-order valence-electron chi connectivity index (χ0n) is 26.6. The number of aliphatic hydroxyl groups excluding tert-OH is 7. The summed E-state index contributed by atoms with van der Waals surface area (Å²) in [4.78, 5) is 12.6. The van der Waals surface area contributed by atoms with Gasteiger partial charge in [0, 0.05) is 19.6 Å². The van der Waals surface area contributed by atoms with Crippen LogP contribution in [0.15, 0.2) is 0 Å². The summed E-state index contributed by atoms with van der Waals surface area (Å²) < 4.78 is 49.0. The Kier molecular flexibility index (Phi) is 14.4. The monoisotopic (exact) mass is 717 g/mol. The Hall–Kier alpha value is -1.36. The van der Waals surface area contributed by atoms with Crippen molar-refractivity contribution in [2.24, 2.45) is 34.4 Å². The number of hydrogen-bond donors (Lipinski definition) is 14. The van der Waals surface area contributed by atoms with Crippen LogP contribution in [0.1, 0.15) is 12.8 Å². The summed E-state index contributed by atoms with van der Waals surface area (Å²) in [6.07, 6.45) is -23.6. The van der Waals surface area contributed by atoms with E-state index in [1.165, 1.54) is 0 Å². The van der Waals surface area contributed by atoms with Gasteiger partial charge in [-0.25, -0.2) is 4.39 Å². The maximum absolute atomic E-state index is 14.0. The van der Waals surface area contributed by atoms with Crippen LogP contribution in [0.2, 0.25) is 0 Å². The van der Waals surface area contributed by atoms with Gasteiger partial charge in [0.15, 0.2) is 25.0 Å². The highest BCUT2D eigenvalue weighted by molar-refractivity contribution is 5.81. The van der Waals surface area contributed by atoms with E-state index in [1.807, 2.05) is 0 Å². The Morgan fingerprint density at radius 1 is 0.755 bits per heavy atom. The summed E-state index contributed by atoms with van der Waals surface area (Å²) in [5.74, 6) is -1.33. The van der Waals surface area contributed by atoms with Crippen LogP contribution in [0.4, 0.5) is 4.39 Å². The first-order valence-electron chi connectivity index (χ1n) is 16.1. The molecule has 1 aliphatic carbocycles. The van der Waals surface area contributed by atoms with E-state index in [0.29, 0.717) is 12.8 Å². The summed E-state index contributed by atoms with van der Waals surface area (Å²) in [7, 11) is 0. The van der Waals surface area contributed by atoms with E-state index < -0.39 is 142 Å². The van der Waals surface area contributed by atoms with Gasteiger partial charge in [0.05, 0.1) is 43.0 Å². The molecule has 1 saturated carbocycles. The first-order chi connectivity index (χ1) is 23.2. The lowest BCUT2D eigenvalue weighted by Gasteiger charge is -2.48. The summed E-state index contributed by atoms with van der Waals surface area (Å²) >= 11 is 0. The minimum Gasteiger partial charge on any atom is -0.394 e. The molecule has 0 aromatic rings. The van der Waals surface area contributed by atoms with E-state index in [0.717, 1.165) is 0 Å². The minimum absolute atomic E-state index is 0.131. The molecule has 286 valence electrons. The Balaban J connectivity index is 1.58. The Labute approximate surface area is 280 Å². The molecule has 4 aliphatic rings. The second-order valence-electron chi connectivity index (χ2n) is 12.7. The van der Waals surface area contributed by atoms with Gasteiger partial charge in [-0.05, 0) is 12.8 Å². The van der Waals surface area contributed by atoms with Crippen LogP contribution in [0, 0.1) is 0 Å². The SMILES string of the molecule is NCC(F)C(O)C(=O)NC1[C@@H](O)C(N)[C@@H](O[C@H]2O[C@H](CN)CC[C@H]2N)C(OC2OC(CO)[C@@H](OC3OC(CN)C(O)[C@H](O)C3N)[C@H]2O)[C@H]1O. The van der Waals surface area contributed by atoms with E-state index in [1.54, 1.807) is 0 Å². The van der Waals surface area contributed by atoms with Crippen LogP contribution < -0.4 is 39.7 Å². The number of aliphatic hydroxyl groups is 7. The normalized spacial score (nSPS) is 47.5. The number of amides is 1. The summed E-state index contributed by atoms with van der Waals surface area (Å²) in [5.41, 5.74) is 35.2. The second kappa shape index (κ2) is 17.4. The first kappa shape index (κ1) is 40.4. The van der Waals surface area contributed by atoms with E-state index in [4.69, 9.17) is 62.8 Å². The molecule has 0 aromatic heterocycles. The molecule has 11 unspecified atom stereocenters. The maximum atomic E-state index is 14.0. The van der Waals surface area contributed by atoms with Gasteiger partial charge in [-0.15, -0.1) is 0 Å². The third kappa shape index (κ3) is 8.65. The van der Waals surface area contributed by atoms with Crippen molar-refractivity contribution in [3.05, 3.63) is 0 Å². The Bertz CT molecular complexity index is 1060. The van der Waals surface area contributed by atoms with Gasteiger partial charge >= 0.3 is 0 Å². The number of hydrogen-bond acceptors (Lipinski definition) is 20. The minimum atomic E-state index is -2.26. The van der Waals surface area contributed by atoms with Crippen LogP contribution >= 0.6 is 0 Å². The Morgan fingerprint density at radius 3 is 2.00 bits per heavy atom. The standard InChI is InChI=1S/C27H52FN7O14/c28-8(4-30)15(37)24(43)35-14-17(39)12(33)22(48-25-9(32)2-1-7(3-29)44-25)23(19(14)41)49-27-20(42)21(11(6-36)46-27)47-26-13(34)18(40)16(38)10(5-31)45-26/h7-23,25-27,36-42H,1-6,29-34H2,(H,35,43)/t7-,8?,9+,10?,11?,12?,13?,14?,15?,16?,17-,18+,19-,20+,21+,22+,23?,25+,26?,27?/m0/s1. The van der Waals surface area contributed by atoms with Gasteiger partial charge in [0.2, 0.25) is 0 Å². The molecule has 4 rings (SSSR count). The largest absolute Gasteiger partial charge is 0.394 e. The first-order valence-corrected chi connectivity index (χ1v) is 16.1. The average molecular weight is 718 g/mol. The van der Waals surface area contributed by atoms with E-state index in [2.05, 4.69) is 5.32 Å². The average Bonchev–Trinajstić information content (AvgIpc) is 3.40. The maximum Gasteiger partial charge on any atom is 0.252 e. The van der Waals surface area contributed by atoms with Crippen molar-refractivity contribution in [3.8, 4) is 0 Å². The third-order valence-electron chi connectivity index (χ3n) is 9.40. The number of carbonyl (C=O) groups is 1. The quantitative estimate of drug-likeness (QED) is 0.0840. The number of carbonyl (C=O) groups excluding carboxylic acids is 1. The summed E-state index contributed by atoms with van der Waals surface area (Å²) in [5, 5.41) is 76.7. The van der Waals surface area contributed by atoms with Crippen molar-refractivity contribution in [3.63, 3.8) is 0 Å². The van der Waals surface area contributed by atoms with Gasteiger partial charge in [-0.2, -0.15) is 0 Å². The zero-order chi connectivity index (χ0) is 36.3. The molecule has 49 heavy (non-hydrogen) atoms. The molecule has 3 aliphatic heterocycles. The van der Waals surface area contributed by atoms with Crippen LogP contribution in [0.3, 0.4) is 0 Å². The molecule has 0 radical (unpaired) electrons. The molecule has 22 heteroatoms. The van der Waals surface area contributed by atoms with Crippen molar-refractivity contribution >= 4 is 5.91 Å². The number of ether oxygens (including phenoxy) is 6. The number of nitrogens with one attached hydrogen (secondary N) is 1. The molecule has 4 fully saturated rings. The number of rotatable bonds is 13. The fourth-order valence-corrected chi connectivity index (χ4v) is 6.34. The lowest BCUT2D eigenvalue weighted by molar-refractivity contribution is -0.296. The molecule has 0 bridgehead atoms. The van der Waals surface area contributed by atoms with Gasteiger partial charge < -0.3 is 104 Å². The fraction of sp³-hybridized carbons (Fsp3) is 0.963. The molecular formula is C27H52FN7O14. The lowest BCUT2D eigenvalue weighted by Crippen LogP contribution is -2.73. The molecule has 20 N–H and O–H groups in total. The smallest absolute Gasteiger partial charge is 0.252 e. The van der Waals surface area contributed by atoms with Gasteiger partial charge in [0.25, 0.3) is 5.91 Å². The van der Waals surface area contributed by atoms with Crippen LogP contribution in [-0.2, 0) is 33.2 Å². The predicted molar refractivity (Wildman–Crippen MR) is 161 cm³/mol. The van der Waals surface area contributed by atoms with Crippen molar-refractivity contribution in [2.75, 3.05) is 26.2 Å². The molecule has 3 saturated heterocycles. The van der Waals surface area contributed by atoms with Gasteiger partial charge in [-0.3, -0.25) is 4.79 Å². The number of nitrogens with two attached hydrogens (primary N) is 6. The predicted octanol–water partition coefficient (Wildman–Crippen LogP) is -9.05. The van der Waals surface area contributed by atoms with E-state index in [9.17, 15) is 44.9 Å². The molecule has 21 nitrogen and oxygen atoms in total. The molecule has 20 atom stereocenters. The third-order valence-corrected chi connectivity index (χ3v) is 9.40. The highest BCUT2D eigenvalue weighted by Gasteiger charge is 2.56. The van der Waals surface area contributed by atoms with Crippen molar-refractivity contribution in [2.45, 2.75) is 135 Å². The van der Waals surface area contributed by atoms with Gasteiger partial charge in [0.1, 0.15) is 61.1 Å². The molecule has 3 heterocycles. The van der Waals surface area contributed by atoms with E-state index >= 15 is 0 Å². The van der Waals surface area contributed by atoms with Gasteiger partial charge in [-0.1, -0.05) is 0 Å². The number of alkyl halides is 1. The van der Waals surface area contributed by atoms with Crippen LogP contribution in [-0.4, -0.2) is 190 Å². The summed E-state index contributed by atoms with van der Waals surface area (Å²) in [6, 6.07) is -5.19. The number of halogens is 1. The molecule has 0 spiro atoms. The summed E-state index contributed by atoms with van der Waals surface area (Å²) in [6.45, 7) is -1.53. The van der Waals surface area contributed by atoms with Crippen molar-refractivity contribution in [1.29, 1.82) is 0 Å². The van der Waals surface area contributed by atoms with Crippen LogP contribution in [0.5, 0.6) is 0 Å². The topological polar surface area (TPSA) is 382 Å². The molecular weight excluding hydrogens is 665 g/mol. The molecule has 0 aromatic carbocycles. The highest BCUT2D eigenvalue weighted by Crippen LogP contribution is 2.34. The van der Waals surface area contributed by atoms with Crippen LogP contribution in [0.25, 0.3) is 0 Å². The fourth-order valence-electron chi connectivity index (χ4n) is 6.34. The second-order valence-corrected chi connectivity index (χ2v) is 12.7. The lowest BCUT2D eigenvalue weighted by atomic mass is 9.81. The Morgan fingerprint density at radius 2 is 1.39 bits per heavy atom. The van der Waals surface area contributed by atoms with Crippen molar-refractivity contribution in [1.82, 2.24) is 5.32 Å².